The number of cyclic esters (lactones) is 1. The van der Waals surface area contributed by atoms with Crippen LogP contribution in [0.4, 0.5) is 0 Å². The third-order valence-electron chi connectivity index (χ3n) is 13.1. The Labute approximate surface area is 419 Å². The molecule has 4 amide bonds. The van der Waals surface area contributed by atoms with E-state index in [1.807, 2.05) is 0 Å². The maximum Gasteiger partial charge on any atom is 0.343 e. The van der Waals surface area contributed by atoms with E-state index < -0.39 is 63.3 Å². The molecule has 1 aromatic carbocycles. The average molecular weight is 1030 g/mol. The van der Waals surface area contributed by atoms with Crippen LogP contribution < -0.4 is 42.0 Å². The Morgan fingerprint density at radius 2 is 1.67 bits per heavy atom. The fraction of sp³-hybridized carbons (Fsp3) is 0.479. The van der Waals surface area contributed by atoms with Crippen LogP contribution in [0.25, 0.3) is 33.5 Å². The van der Waals surface area contributed by atoms with E-state index in [0.717, 1.165) is 6.26 Å². The first-order chi connectivity index (χ1) is 34.9. The van der Waals surface area contributed by atoms with Crippen LogP contribution in [-0.2, 0) is 70.4 Å². The van der Waals surface area contributed by atoms with E-state index in [2.05, 4.69) is 41.5 Å². The zero-order valence-corrected chi connectivity index (χ0v) is 41.7. The number of nitrogens with zero attached hydrogens (tertiary/aromatic N) is 7. The number of aryl methyl sites for hydroxylation is 1. The molecule has 5 aromatic rings. The van der Waals surface area contributed by atoms with E-state index in [9.17, 15) is 42.3 Å². The lowest BCUT2D eigenvalue weighted by molar-refractivity contribution is -0.172. The molecule has 3 atom stereocenters. The number of fused-ring (bicyclic) bond motifs is 6. The summed E-state index contributed by atoms with van der Waals surface area (Å²) in [4.78, 5) is 93.5. The maximum atomic E-state index is 14.0. The number of benzene rings is 1. The Hall–Kier alpha value is -7.38. The SMILES string of the molecule is CC[C@@]1(O)C(=O)OCc2c1cc1n(c2=O)Cc2c-1nc1cc3c(cc1c2CNC(=O)CNC(=O)C(CCCCN)NC(=O)C(NC(=O)CCCCCn1cc(-c2cnc(S(C)(=O)=O)nc2)nn1)C(C)C)OCO3. The van der Waals surface area contributed by atoms with Gasteiger partial charge >= 0.3 is 5.97 Å². The number of carbonyl (C=O) groups is 5. The first-order valence-electron chi connectivity index (χ1n) is 24.1. The number of unbranched alkanes of at least 4 members (excludes halogenated alkanes) is 3. The van der Waals surface area contributed by atoms with E-state index in [1.54, 1.807) is 49.8 Å². The van der Waals surface area contributed by atoms with Gasteiger partial charge in [0.05, 0.1) is 41.8 Å². The van der Waals surface area contributed by atoms with Crippen LogP contribution in [0.3, 0.4) is 0 Å². The molecule has 0 radical (unpaired) electrons. The van der Waals surface area contributed by atoms with Crippen LogP contribution in [0, 0.1) is 5.92 Å². The fourth-order valence-electron chi connectivity index (χ4n) is 9.01. The zero-order valence-electron chi connectivity index (χ0n) is 40.9. The van der Waals surface area contributed by atoms with E-state index in [1.165, 1.54) is 17.0 Å². The monoisotopic (exact) mass is 1030 g/mol. The quantitative estimate of drug-likeness (QED) is 0.0314. The van der Waals surface area contributed by atoms with Gasteiger partial charge in [-0.3, -0.25) is 28.7 Å². The Kier molecular flexibility index (Phi) is 15.5. The van der Waals surface area contributed by atoms with Gasteiger partial charge in [-0.25, -0.2) is 28.2 Å². The molecule has 0 fully saturated rings. The number of nitrogens with two attached hydrogens (primary N) is 1. The summed E-state index contributed by atoms with van der Waals surface area (Å²) >= 11 is 0. The van der Waals surface area contributed by atoms with Crippen molar-refractivity contribution in [2.24, 2.45) is 11.7 Å². The van der Waals surface area contributed by atoms with Crippen LogP contribution in [0.2, 0.25) is 0 Å². The minimum Gasteiger partial charge on any atom is -0.458 e. The number of aliphatic hydroxyl groups is 1. The lowest BCUT2D eigenvalue weighted by Gasteiger charge is -2.31. The Morgan fingerprint density at radius 3 is 2.38 bits per heavy atom. The predicted molar refractivity (Wildman–Crippen MR) is 260 cm³/mol. The van der Waals surface area contributed by atoms with Crippen molar-refractivity contribution in [2.45, 2.75) is 121 Å². The second kappa shape index (κ2) is 21.8. The van der Waals surface area contributed by atoms with Crippen LogP contribution >= 0.6 is 0 Å². The van der Waals surface area contributed by atoms with E-state index >= 15 is 0 Å². The van der Waals surface area contributed by atoms with Crippen molar-refractivity contribution in [1.29, 1.82) is 0 Å². The van der Waals surface area contributed by atoms with Crippen molar-refractivity contribution < 1.29 is 51.7 Å². The second-order valence-corrected chi connectivity index (χ2v) is 20.5. The summed E-state index contributed by atoms with van der Waals surface area (Å²) in [5.41, 5.74) is 7.08. The highest BCUT2D eigenvalue weighted by molar-refractivity contribution is 7.90. The number of ether oxygens (including phenoxy) is 3. The number of hydrogen-bond donors (Lipinski definition) is 6. The average Bonchev–Trinajstić information content (AvgIpc) is 4.13. The van der Waals surface area contributed by atoms with Gasteiger partial charge in [-0.05, 0) is 68.7 Å². The van der Waals surface area contributed by atoms with Crippen LogP contribution in [-0.4, -0.2) is 116 Å². The number of carbonyl (C=O) groups excluding carboxylic acids is 5. The molecule has 4 aromatic heterocycles. The molecule has 0 bridgehead atoms. The van der Waals surface area contributed by atoms with Crippen molar-refractivity contribution >= 4 is 50.3 Å². The number of esters is 1. The van der Waals surface area contributed by atoms with Crippen molar-refractivity contribution in [1.82, 2.24) is 55.8 Å². The van der Waals surface area contributed by atoms with Gasteiger partial charge in [0.25, 0.3) is 5.56 Å². The van der Waals surface area contributed by atoms with Crippen molar-refractivity contribution in [3.8, 4) is 34.1 Å². The molecule has 24 nitrogen and oxygen atoms in total. The largest absolute Gasteiger partial charge is 0.458 e. The van der Waals surface area contributed by atoms with Crippen molar-refractivity contribution in [3.63, 3.8) is 0 Å². The molecule has 7 heterocycles. The molecule has 3 aliphatic heterocycles. The predicted octanol–water partition coefficient (Wildman–Crippen LogP) is 1.01. The topological polar surface area (TPSA) is 333 Å². The summed E-state index contributed by atoms with van der Waals surface area (Å²) in [5, 5.41) is 31.1. The minimum atomic E-state index is -3.54. The number of sulfone groups is 1. The lowest BCUT2D eigenvalue weighted by atomic mass is 9.86. The number of rotatable bonds is 22. The molecule has 0 saturated carbocycles. The number of amides is 4. The Bertz CT molecular complexity index is 3140. The van der Waals surface area contributed by atoms with Gasteiger partial charge in [0.1, 0.15) is 24.4 Å². The molecule has 8 rings (SSSR count). The molecule has 7 N–H and O–H groups in total. The second-order valence-electron chi connectivity index (χ2n) is 18.6. The van der Waals surface area contributed by atoms with Gasteiger partial charge in [-0.2, -0.15) is 0 Å². The Balaban J connectivity index is 0.868. The third-order valence-corrected chi connectivity index (χ3v) is 14.0. The van der Waals surface area contributed by atoms with E-state index in [4.69, 9.17) is 24.9 Å². The van der Waals surface area contributed by atoms with Crippen LogP contribution in [0.1, 0.15) is 94.4 Å². The van der Waals surface area contributed by atoms with Gasteiger partial charge in [-0.15, -0.1) is 5.10 Å². The van der Waals surface area contributed by atoms with Gasteiger partial charge < -0.3 is 50.9 Å². The van der Waals surface area contributed by atoms with E-state index in [0.29, 0.717) is 101 Å². The molecule has 388 valence electrons. The summed E-state index contributed by atoms with van der Waals surface area (Å²) in [6.45, 7) is 5.31. The summed E-state index contributed by atoms with van der Waals surface area (Å²) in [7, 11) is -3.54. The minimum absolute atomic E-state index is 0.000951. The number of aromatic nitrogens is 7. The highest BCUT2D eigenvalue weighted by Gasteiger charge is 2.45. The number of pyridine rings is 2. The molecular weight excluding hydrogens is 969 g/mol. The molecule has 73 heavy (non-hydrogen) atoms. The molecular formula is C48H58N12O12S. The number of nitrogens with one attached hydrogen (secondary N) is 4. The maximum absolute atomic E-state index is 14.0. The summed E-state index contributed by atoms with van der Waals surface area (Å²) in [6, 6.07) is 3.04. The highest BCUT2D eigenvalue weighted by Crippen LogP contribution is 2.43. The molecule has 3 aliphatic rings. The van der Waals surface area contributed by atoms with E-state index in [-0.39, 0.29) is 73.9 Å². The molecule has 0 spiro atoms. The molecule has 2 unspecified atom stereocenters. The summed E-state index contributed by atoms with van der Waals surface area (Å²) in [6.07, 6.45) is 8.73. The highest BCUT2D eigenvalue weighted by atomic mass is 32.2. The van der Waals surface area contributed by atoms with Crippen LogP contribution in [0.5, 0.6) is 11.5 Å². The number of hydrogen-bond acceptors (Lipinski definition) is 18. The van der Waals surface area contributed by atoms with Crippen molar-refractivity contribution in [2.75, 3.05) is 26.1 Å². The molecule has 0 aliphatic carbocycles. The molecule has 25 heteroatoms. The van der Waals surface area contributed by atoms with Crippen LogP contribution in [0.15, 0.2) is 46.7 Å². The third kappa shape index (κ3) is 11.2. The normalized spacial score (nSPS) is 16.3. The fourth-order valence-corrected chi connectivity index (χ4v) is 9.50. The lowest BCUT2D eigenvalue weighted by Crippen LogP contribution is -2.56. The molecule has 0 saturated heterocycles. The van der Waals surface area contributed by atoms with Gasteiger partial charge in [-0.1, -0.05) is 32.4 Å². The smallest absolute Gasteiger partial charge is 0.343 e. The van der Waals surface area contributed by atoms with Gasteiger partial charge in [0.15, 0.2) is 17.1 Å². The zero-order chi connectivity index (χ0) is 52.2. The van der Waals surface area contributed by atoms with Gasteiger partial charge in [0, 0.05) is 66.3 Å². The summed E-state index contributed by atoms with van der Waals surface area (Å²) in [5.74, 6) is -2.32. The van der Waals surface area contributed by atoms with Gasteiger partial charge in [0.2, 0.25) is 45.4 Å². The Morgan fingerprint density at radius 1 is 0.918 bits per heavy atom. The first kappa shape index (κ1) is 52.0. The van der Waals surface area contributed by atoms with Crippen molar-refractivity contribution in [3.05, 3.63) is 69.4 Å². The summed E-state index contributed by atoms with van der Waals surface area (Å²) < 4.78 is 43.0. The standard InChI is InChI=1S/C48H58N12O12S/c1-5-48(67)32-16-36-42-30(22-60(36)45(65)31(32)24-70-46(48)66)29(28-15-37-38(72-25-71-37)17-34(28)54-42)20-50-40(62)21-51-43(63)33(11-8-9-13-49)55-44(64)41(26(2)3)56-39(61)12-7-6-10-14-59-23-35(57-58-59)27-18-52-47(53-19-27)73(4,68)69/h15-19,23,26,33,41,67H,5-14,20-22,24-25,49H2,1-4H3,(H,50,62)(H,51,63)(H,55,64)(H,56,61)/t33?,41?,48-/m0/s1. The first-order valence-corrected chi connectivity index (χ1v) is 26.0.